The summed E-state index contributed by atoms with van der Waals surface area (Å²) in [5.74, 6) is 0.0173. The standard InChI is InChI=1S/C19H28ClN3O5S/c20-17-13-16(29(25,26)22-15-3-1-2-4-15)5-6-18(17)28-14-19(24)21-7-8-23-9-11-27-12-10-23/h5-6,13,15,22H,1-4,7-12,14H2,(H,21,24). The molecule has 2 aliphatic rings. The number of carbonyl (C=O) groups excluding carboxylic acids is 1. The number of carbonyl (C=O) groups is 1. The highest BCUT2D eigenvalue weighted by molar-refractivity contribution is 7.89. The normalized spacial score (nSPS) is 18.7. The van der Waals surface area contributed by atoms with Crippen LogP contribution >= 0.6 is 11.6 Å². The van der Waals surface area contributed by atoms with E-state index in [2.05, 4.69) is 14.9 Å². The van der Waals surface area contributed by atoms with Crippen LogP contribution in [-0.4, -0.2) is 71.3 Å². The molecule has 0 bridgehead atoms. The quantitative estimate of drug-likeness (QED) is 0.596. The molecule has 162 valence electrons. The van der Waals surface area contributed by atoms with Gasteiger partial charge in [-0.15, -0.1) is 0 Å². The van der Waals surface area contributed by atoms with Crippen molar-refractivity contribution in [3.63, 3.8) is 0 Å². The largest absolute Gasteiger partial charge is 0.482 e. The zero-order chi connectivity index (χ0) is 20.7. The van der Waals surface area contributed by atoms with E-state index in [0.717, 1.165) is 58.5 Å². The number of benzene rings is 1. The minimum atomic E-state index is -3.62. The molecular formula is C19H28ClN3O5S. The second-order valence-corrected chi connectivity index (χ2v) is 9.41. The van der Waals surface area contributed by atoms with Crippen molar-refractivity contribution in [1.29, 1.82) is 0 Å². The first-order chi connectivity index (χ1) is 13.9. The summed E-state index contributed by atoms with van der Waals surface area (Å²) in [4.78, 5) is 14.3. The minimum absolute atomic E-state index is 0.0177. The van der Waals surface area contributed by atoms with Crippen molar-refractivity contribution in [1.82, 2.24) is 14.9 Å². The first-order valence-corrected chi connectivity index (χ1v) is 11.8. The number of ether oxygens (including phenoxy) is 2. The van der Waals surface area contributed by atoms with Crippen LogP contribution in [0.1, 0.15) is 25.7 Å². The molecule has 1 aromatic rings. The van der Waals surface area contributed by atoms with Gasteiger partial charge in [-0.25, -0.2) is 13.1 Å². The first-order valence-electron chi connectivity index (χ1n) is 9.95. The third-order valence-electron chi connectivity index (χ3n) is 5.10. The van der Waals surface area contributed by atoms with Gasteiger partial charge in [-0.2, -0.15) is 0 Å². The van der Waals surface area contributed by atoms with E-state index in [1.807, 2.05) is 0 Å². The van der Waals surface area contributed by atoms with Gasteiger partial charge in [0.2, 0.25) is 10.0 Å². The second-order valence-electron chi connectivity index (χ2n) is 7.29. The van der Waals surface area contributed by atoms with Gasteiger partial charge in [0.15, 0.2) is 6.61 Å². The Kier molecular flexibility index (Phi) is 8.14. The van der Waals surface area contributed by atoms with Crippen molar-refractivity contribution in [2.75, 3.05) is 46.0 Å². The van der Waals surface area contributed by atoms with E-state index in [4.69, 9.17) is 21.1 Å². The molecular weight excluding hydrogens is 418 g/mol. The molecule has 0 aromatic heterocycles. The molecule has 1 aromatic carbocycles. The van der Waals surface area contributed by atoms with Crippen molar-refractivity contribution in [3.8, 4) is 5.75 Å². The number of halogens is 1. The maximum Gasteiger partial charge on any atom is 0.257 e. The number of rotatable bonds is 9. The molecule has 8 nitrogen and oxygen atoms in total. The van der Waals surface area contributed by atoms with Crippen LogP contribution in [0.25, 0.3) is 0 Å². The highest BCUT2D eigenvalue weighted by atomic mass is 35.5. The van der Waals surface area contributed by atoms with Crippen LogP contribution in [-0.2, 0) is 19.6 Å². The fourth-order valence-corrected chi connectivity index (χ4v) is 5.10. The number of nitrogens with zero attached hydrogens (tertiary/aromatic N) is 1. The fraction of sp³-hybridized carbons (Fsp3) is 0.632. The van der Waals surface area contributed by atoms with Gasteiger partial charge in [-0.3, -0.25) is 9.69 Å². The van der Waals surface area contributed by atoms with Gasteiger partial charge in [0.25, 0.3) is 5.91 Å². The molecule has 0 atom stereocenters. The van der Waals surface area contributed by atoms with E-state index in [1.54, 1.807) is 0 Å². The van der Waals surface area contributed by atoms with Crippen molar-refractivity contribution in [2.45, 2.75) is 36.6 Å². The maximum atomic E-state index is 12.5. The number of morpholine rings is 1. The van der Waals surface area contributed by atoms with E-state index in [-0.39, 0.29) is 34.2 Å². The molecule has 0 radical (unpaired) electrons. The Labute approximate surface area is 176 Å². The summed E-state index contributed by atoms with van der Waals surface area (Å²) in [6.45, 7) is 4.28. The number of sulfonamides is 1. The van der Waals surface area contributed by atoms with Crippen LogP contribution in [0, 0.1) is 0 Å². The fourth-order valence-electron chi connectivity index (χ4n) is 3.47. The second kappa shape index (κ2) is 10.6. The topological polar surface area (TPSA) is 97.0 Å². The Morgan fingerprint density at radius 3 is 2.66 bits per heavy atom. The highest BCUT2D eigenvalue weighted by Crippen LogP contribution is 2.28. The summed E-state index contributed by atoms with van der Waals surface area (Å²) < 4.78 is 38.4. The highest BCUT2D eigenvalue weighted by Gasteiger charge is 2.23. The molecule has 1 aliphatic heterocycles. The average molecular weight is 446 g/mol. The van der Waals surface area contributed by atoms with Gasteiger partial charge in [-0.1, -0.05) is 24.4 Å². The summed E-state index contributed by atoms with van der Waals surface area (Å²) >= 11 is 6.17. The zero-order valence-electron chi connectivity index (χ0n) is 16.4. The Morgan fingerprint density at radius 1 is 1.24 bits per heavy atom. The number of nitrogens with one attached hydrogen (secondary N) is 2. The average Bonchev–Trinajstić information content (AvgIpc) is 3.20. The van der Waals surface area contributed by atoms with E-state index in [1.165, 1.54) is 18.2 Å². The van der Waals surface area contributed by atoms with Gasteiger partial charge in [0, 0.05) is 32.2 Å². The molecule has 1 amide bonds. The lowest BCUT2D eigenvalue weighted by molar-refractivity contribution is -0.123. The van der Waals surface area contributed by atoms with Gasteiger partial charge in [-0.05, 0) is 31.0 Å². The molecule has 1 saturated heterocycles. The molecule has 29 heavy (non-hydrogen) atoms. The SMILES string of the molecule is O=C(COc1ccc(S(=O)(=O)NC2CCCC2)cc1Cl)NCCN1CCOCC1. The van der Waals surface area contributed by atoms with Gasteiger partial charge in [0.1, 0.15) is 5.75 Å². The van der Waals surface area contributed by atoms with Crippen LogP contribution in [0.2, 0.25) is 5.02 Å². The van der Waals surface area contributed by atoms with Crippen molar-refractivity contribution >= 4 is 27.5 Å². The van der Waals surface area contributed by atoms with E-state index < -0.39 is 10.0 Å². The Bertz CT molecular complexity index is 793. The van der Waals surface area contributed by atoms with Crippen LogP contribution in [0.5, 0.6) is 5.75 Å². The minimum Gasteiger partial charge on any atom is -0.482 e. The molecule has 2 N–H and O–H groups in total. The Balaban J connectivity index is 1.45. The number of amides is 1. The monoisotopic (exact) mass is 445 g/mol. The van der Waals surface area contributed by atoms with E-state index >= 15 is 0 Å². The number of hydrogen-bond acceptors (Lipinski definition) is 6. The maximum absolute atomic E-state index is 12.5. The molecule has 0 unspecified atom stereocenters. The van der Waals surface area contributed by atoms with Crippen LogP contribution in [0.4, 0.5) is 0 Å². The van der Waals surface area contributed by atoms with Crippen LogP contribution < -0.4 is 14.8 Å². The van der Waals surface area contributed by atoms with E-state index in [0.29, 0.717) is 6.54 Å². The Hall–Kier alpha value is -1.39. The van der Waals surface area contributed by atoms with E-state index in [9.17, 15) is 13.2 Å². The molecule has 1 aliphatic carbocycles. The van der Waals surface area contributed by atoms with Gasteiger partial charge < -0.3 is 14.8 Å². The first kappa shape index (κ1) is 22.3. The predicted octanol–water partition coefficient (Wildman–Crippen LogP) is 1.39. The van der Waals surface area contributed by atoms with Gasteiger partial charge >= 0.3 is 0 Å². The summed E-state index contributed by atoms with van der Waals surface area (Å²) in [6, 6.07) is 4.25. The lowest BCUT2D eigenvalue weighted by Gasteiger charge is -2.26. The summed E-state index contributed by atoms with van der Waals surface area (Å²) in [5, 5.41) is 2.95. The van der Waals surface area contributed by atoms with Crippen molar-refractivity contribution < 1.29 is 22.7 Å². The summed E-state index contributed by atoms with van der Waals surface area (Å²) in [7, 11) is -3.62. The summed E-state index contributed by atoms with van der Waals surface area (Å²) in [6.07, 6.45) is 3.79. The number of hydrogen-bond donors (Lipinski definition) is 2. The zero-order valence-corrected chi connectivity index (χ0v) is 17.9. The molecule has 3 rings (SSSR count). The third kappa shape index (κ3) is 6.82. The van der Waals surface area contributed by atoms with Crippen LogP contribution in [0.3, 0.4) is 0 Å². The predicted molar refractivity (Wildman–Crippen MR) is 110 cm³/mol. The lowest BCUT2D eigenvalue weighted by atomic mass is 10.3. The smallest absolute Gasteiger partial charge is 0.257 e. The van der Waals surface area contributed by atoms with Crippen molar-refractivity contribution in [3.05, 3.63) is 23.2 Å². The third-order valence-corrected chi connectivity index (χ3v) is 6.92. The summed E-state index contributed by atoms with van der Waals surface area (Å²) in [5.41, 5.74) is 0. The van der Waals surface area contributed by atoms with Crippen molar-refractivity contribution in [2.24, 2.45) is 0 Å². The Morgan fingerprint density at radius 2 is 1.97 bits per heavy atom. The molecule has 1 heterocycles. The van der Waals surface area contributed by atoms with Crippen LogP contribution in [0.15, 0.2) is 23.1 Å². The lowest BCUT2D eigenvalue weighted by Crippen LogP contribution is -2.42. The molecule has 2 fully saturated rings. The molecule has 10 heteroatoms. The molecule has 1 saturated carbocycles. The van der Waals surface area contributed by atoms with Gasteiger partial charge in [0.05, 0.1) is 23.1 Å². The molecule has 0 spiro atoms.